The first-order chi connectivity index (χ1) is 9.13. The number of aryl methyl sites for hydroxylation is 2. The van der Waals surface area contributed by atoms with Crippen molar-refractivity contribution in [3.8, 4) is 0 Å². The predicted octanol–water partition coefficient (Wildman–Crippen LogP) is 1.82. The van der Waals surface area contributed by atoms with Crippen LogP contribution in [-0.2, 0) is 16.6 Å². The van der Waals surface area contributed by atoms with Gasteiger partial charge in [-0.1, -0.05) is 29.8 Å². The Morgan fingerprint density at radius 3 is 2.58 bits per heavy atom. The lowest BCUT2D eigenvalue weighted by molar-refractivity contribution is -0.144. The Kier molecular flexibility index (Phi) is 3.94. The summed E-state index contributed by atoms with van der Waals surface area (Å²) in [6.07, 6.45) is 1.44. The summed E-state index contributed by atoms with van der Waals surface area (Å²) < 4.78 is 6.75. The summed E-state index contributed by atoms with van der Waals surface area (Å²) in [4.78, 5) is 16.3. The van der Waals surface area contributed by atoms with E-state index in [1.54, 1.807) is 18.7 Å². The third-order valence-electron chi connectivity index (χ3n) is 2.94. The number of hydrogen-bond acceptors (Lipinski definition) is 4. The second kappa shape index (κ2) is 5.65. The Morgan fingerprint density at radius 2 is 2.05 bits per heavy atom. The number of hydrogen-bond donors (Lipinski definition) is 0. The molecule has 1 heterocycles. The molecule has 0 amide bonds. The van der Waals surface area contributed by atoms with E-state index in [-0.39, 0.29) is 5.97 Å². The number of benzene rings is 1. The number of esters is 1. The molecule has 1 atom stereocenters. The van der Waals surface area contributed by atoms with Gasteiger partial charge in [-0.25, -0.2) is 4.98 Å². The Labute approximate surface area is 112 Å². The van der Waals surface area contributed by atoms with Gasteiger partial charge < -0.3 is 4.74 Å². The van der Waals surface area contributed by atoms with Crippen LogP contribution in [0.4, 0.5) is 0 Å². The summed E-state index contributed by atoms with van der Waals surface area (Å²) in [7, 11) is 1.77. The van der Waals surface area contributed by atoms with E-state index in [1.807, 2.05) is 31.2 Å². The number of rotatable bonds is 4. The highest BCUT2D eigenvalue weighted by Crippen LogP contribution is 2.24. The molecular formula is C14H17N3O2. The minimum absolute atomic E-state index is 0.303. The summed E-state index contributed by atoms with van der Waals surface area (Å²) in [6.45, 7) is 4.14. The van der Waals surface area contributed by atoms with Crippen molar-refractivity contribution in [1.82, 2.24) is 14.8 Å². The van der Waals surface area contributed by atoms with Crippen molar-refractivity contribution in [3.05, 3.63) is 47.5 Å². The van der Waals surface area contributed by atoms with Crippen molar-refractivity contribution in [2.24, 2.45) is 7.05 Å². The molecule has 2 rings (SSSR count). The first kappa shape index (κ1) is 13.3. The van der Waals surface area contributed by atoms with Crippen LogP contribution in [0.2, 0.25) is 0 Å². The second-order valence-electron chi connectivity index (χ2n) is 4.34. The lowest BCUT2D eigenvalue weighted by atomic mass is 9.97. The Morgan fingerprint density at radius 1 is 1.37 bits per heavy atom. The van der Waals surface area contributed by atoms with Crippen LogP contribution < -0.4 is 0 Å². The fourth-order valence-electron chi connectivity index (χ4n) is 1.94. The highest BCUT2D eigenvalue weighted by Gasteiger charge is 2.28. The third-order valence-corrected chi connectivity index (χ3v) is 2.94. The Hall–Kier alpha value is -2.17. The SMILES string of the molecule is CCOC(=O)C(c1ccc(C)cc1)c1ncnn1C. The molecule has 1 aromatic heterocycles. The van der Waals surface area contributed by atoms with Gasteiger partial charge >= 0.3 is 5.97 Å². The van der Waals surface area contributed by atoms with Crippen LogP contribution in [0.5, 0.6) is 0 Å². The number of nitrogens with zero attached hydrogens (tertiary/aromatic N) is 3. The molecule has 0 spiro atoms. The average Bonchev–Trinajstić information content (AvgIpc) is 2.79. The highest BCUT2D eigenvalue weighted by molar-refractivity contribution is 5.81. The standard InChI is InChI=1S/C14H17N3O2/c1-4-19-14(18)12(13-15-9-16-17(13)3)11-7-5-10(2)6-8-11/h5-9,12H,4H2,1-3H3. The molecule has 5 heteroatoms. The third kappa shape index (κ3) is 2.81. The Balaban J connectivity index is 2.43. The topological polar surface area (TPSA) is 57.0 Å². The molecule has 0 radical (unpaired) electrons. The van der Waals surface area contributed by atoms with Crippen LogP contribution in [0.3, 0.4) is 0 Å². The van der Waals surface area contributed by atoms with Gasteiger partial charge in [0.1, 0.15) is 18.1 Å². The molecular weight excluding hydrogens is 242 g/mol. The molecule has 0 aliphatic heterocycles. The van der Waals surface area contributed by atoms with Crippen LogP contribution in [-0.4, -0.2) is 27.3 Å². The molecule has 2 aromatic rings. The van der Waals surface area contributed by atoms with E-state index >= 15 is 0 Å². The van der Waals surface area contributed by atoms with Gasteiger partial charge in [0, 0.05) is 7.05 Å². The van der Waals surface area contributed by atoms with Gasteiger partial charge in [-0.2, -0.15) is 5.10 Å². The lowest BCUT2D eigenvalue weighted by Gasteiger charge is -2.15. The maximum Gasteiger partial charge on any atom is 0.321 e. The zero-order valence-corrected chi connectivity index (χ0v) is 11.3. The molecule has 100 valence electrons. The minimum atomic E-state index is -0.534. The molecule has 0 saturated heterocycles. The van der Waals surface area contributed by atoms with Crippen LogP contribution in [0.1, 0.15) is 29.8 Å². The molecule has 0 bridgehead atoms. The average molecular weight is 259 g/mol. The summed E-state index contributed by atoms with van der Waals surface area (Å²) in [6, 6.07) is 7.78. The van der Waals surface area contributed by atoms with E-state index in [1.165, 1.54) is 6.33 Å². The largest absolute Gasteiger partial charge is 0.465 e. The number of aromatic nitrogens is 3. The number of carbonyl (C=O) groups is 1. The molecule has 19 heavy (non-hydrogen) atoms. The summed E-state index contributed by atoms with van der Waals surface area (Å²) >= 11 is 0. The first-order valence-electron chi connectivity index (χ1n) is 6.20. The van der Waals surface area contributed by atoms with E-state index < -0.39 is 5.92 Å². The Bertz CT molecular complexity index is 560. The van der Waals surface area contributed by atoms with Crippen LogP contribution in [0, 0.1) is 6.92 Å². The predicted molar refractivity (Wildman–Crippen MR) is 70.7 cm³/mol. The fourth-order valence-corrected chi connectivity index (χ4v) is 1.94. The van der Waals surface area contributed by atoms with Crippen LogP contribution >= 0.6 is 0 Å². The molecule has 0 aliphatic rings. The van der Waals surface area contributed by atoms with Crippen LogP contribution in [0.25, 0.3) is 0 Å². The highest BCUT2D eigenvalue weighted by atomic mass is 16.5. The quantitative estimate of drug-likeness (QED) is 0.786. The van der Waals surface area contributed by atoms with Crippen LogP contribution in [0.15, 0.2) is 30.6 Å². The van der Waals surface area contributed by atoms with Crippen molar-refractivity contribution in [1.29, 1.82) is 0 Å². The van der Waals surface area contributed by atoms with Crippen molar-refractivity contribution in [2.75, 3.05) is 6.61 Å². The fraction of sp³-hybridized carbons (Fsp3) is 0.357. The van der Waals surface area contributed by atoms with E-state index in [0.29, 0.717) is 12.4 Å². The van der Waals surface area contributed by atoms with Gasteiger partial charge in [-0.3, -0.25) is 9.48 Å². The maximum absolute atomic E-state index is 12.2. The number of carbonyl (C=O) groups excluding carboxylic acids is 1. The van der Waals surface area contributed by atoms with Gasteiger partial charge in [0.05, 0.1) is 6.61 Å². The van der Waals surface area contributed by atoms with Gasteiger partial charge in [0.15, 0.2) is 0 Å². The second-order valence-corrected chi connectivity index (χ2v) is 4.34. The monoisotopic (exact) mass is 259 g/mol. The van der Waals surface area contributed by atoms with Gasteiger partial charge in [-0.05, 0) is 19.4 Å². The molecule has 1 aromatic carbocycles. The van der Waals surface area contributed by atoms with E-state index in [0.717, 1.165) is 11.1 Å². The van der Waals surface area contributed by atoms with E-state index in [2.05, 4.69) is 10.1 Å². The van der Waals surface area contributed by atoms with Gasteiger partial charge in [0.25, 0.3) is 0 Å². The summed E-state index contributed by atoms with van der Waals surface area (Å²) in [5.41, 5.74) is 2.00. The van der Waals surface area contributed by atoms with Crippen molar-refractivity contribution < 1.29 is 9.53 Å². The molecule has 1 unspecified atom stereocenters. The smallest absolute Gasteiger partial charge is 0.321 e. The molecule has 0 aliphatic carbocycles. The number of ether oxygens (including phenoxy) is 1. The minimum Gasteiger partial charge on any atom is -0.465 e. The molecule has 0 N–H and O–H groups in total. The molecule has 0 fully saturated rings. The van der Waals surface area contributed by atoms with Crippen molar-refractivity contribution >= 4 is 5.97 Å². The van der Waals surface area contributed by atoms with Gasteiger partial charge in [0.2, 0.25) is 0 Å². The first-order valence-corrected chi connectivity index (χ1v) is 6.20. The lowest BCUT2D eigenvalue weighted by Crippen LogP contribution is -2.20. The van der Waals surface area contributed by atoms with Crippen molar-refractivity contribution in [2.45, 2.75) is 19.8 Å². The normalized spacial score (nSPS) is 12.2. The van der Waals surface area contributed by atoms with E-state index in [9.17, 15) is 4.79 Å². The molecule has 5 nitrogen and oxygen atoms in total. The van der Waals surface area contributed by atoms with Gasteiger partial charge in [-0.15, -0.1) is 0 Å². The molecule has 0 saturated carbocycles. The van der Waals surface area contributed by atoms with E-state index in [4.69, 9.17) is 4.74 Å². The zero-order chi connectivity index (χ0) is 13.8. The zero-order valence-electron chi connectivity index (χ0n) is 11.3. The maximum atomic E-state index is 12.2. The summed E-state index contributed by atoms with van der Waals surface area (Å²) in [5, 5.41) is 4.02. The van der Waals surface area contributed by atoms with Crippen molar-refractivity contribution in [3.63, 3.8) is 0 Å². The summed E-state index contributed by atoms with van der Waals surface area (Å²) in [5.74, 6) is -0.252.